The zero-order chi connectivity index (χ0) is 12.8. The molecule has 0 spiro atoms. The van der Waals surface area contributed by atoms with E-state index in [9.17, 15) is 9.90 Å². The fourth-order valence-electron chi connectivity index (χ4n) is 1.67. The van der Waals surface area contributed by atoms with Crippen LogP contribution in [0.4, 0.5) is 5.69 Å². The first-order chi connectivity index (χ1) is 8.04. The third-order valence-electron chi connectivity index (χ3n) is 2.83. The number of amides is 1. The van der Waals surface area contributed by atoms with Crippen LogP contribution >= 0.6 is 0 Å². The van der Waals surface area contributed by atoms with E-state index in [-0.39, 0.29) is 11.8 Å². The molecule has 2 atom stereocenters. The number of aliphatic hydroxyl groups excluding tert-OH is 1. The van der Waals surface area contributed by atoms with Crippen LogP contribution in [0.5, 0.6) is 0 Å². The number of hydrogen-bond acceptors (Lipinski definition) is 2. The summed E-state index contributed by atoms with van der Waals surface area (Å²) in [4.78, 5) is 11.8. The van der Waals surface area contributed by atoms with E-state index in [1.54, 1.807) is 6.92 Å². The number of carbonyl (C=O) groups excluding carboxylic acids is 1. The molecule has 2 N–H and O–H groups in total. The van der Waals surface area contributed by atoms with Crippen LogP contribution in [0.3, 0.4) is 0 Å². The molecule has 0 saturated heterocycles. The minimum Gasteiger partial charge on any atom is -0.389 e. The third kappa shape index (κ3) is 4.19. The Morgan fingerprint density at radius 3 is 2.35 bits per heavy atom. The topological polar surface area (TPSA) is 49.3 Å². The largest absolute Gasteiger partial charge is 0.389 e. The van der Waals surface area contributed by atoms with Crippen molar-refractivity contribution in [1.29, 1.82) is 0 Å². The molecule has 2 unspecified atom stereocenters. The maximum Gasteiger partial charge on any atom is 0.227 e. The Hall–Kier alpha value is -1.35. The summed E-state index contributed by atoms with van der Waals surface area (Å²) in [5.41, 5.74) is 1.63. The van der Waals surface area contributed by atoms with Gasteiger partial charge in [-0.25, -0.2) is 0 Å². The minimum absolute atomic E-state index is 0.0384. The number of anilines is 1. The van der Waals surface area contributed by atoms with Crippen molar-refractivity contribution in [3.8, 4) is 0 Å². The normalized spacial score (nSPS) is 14.1. The Labute approximate surface area is 103 Å². The monoisotopic (exact) mass is 235 g/mol. The molecule has 3 nitrogen and oxygen atoms in total. The highest BCUT2D eigenvalue weighted by Gasteiger charge is 2.11. The fraction of sp³-hybridized carbons (Fsp3) is 0.500. The number of aliphatic hydroxyl groups is 1. The summed E-state index contributed by atoms with van der Waals surface area (Å²) < 4.78 is 0. The van der Waals surface area contributed by atoms with E-state index in [4.69, 9.17) is 0 Å². The van der Waals surface area contributed by atoms with Crippen molar-refractivity contribution in [3.05, 3.63) is 29.8 Å². The molecule has 1 amide bonds. The molecule has 94 valence electrons. The first kappa shape index (κ1) is 13.7. The summed E-state index contributed by atoms with van der Waals surface area (Å²) in [6.07, 6.45) is 1.44. The quantitative estimate of drug-likeness (QED) is 0.823. The maximum atomic E-state index is 11.8. The van der Waals surface area contributed by atoms with Crippen LogP contribution in [-0.4, -0.2) is 11.0 Å². The van der Waals surface area contributed by atoms with Gasteiger partial charge in [-0.2, -0.15) is 0 Å². The first-order valence-electron chi connectivity index (χ1n) is 6.13. The standard InChI is InChI=1S/C14H21NO2/c1-4-5-10(2)14(17)15-13-8-6-12(7-9-13)11(3)16/h6-11,16H,4-5H2,1-3H3,(H,15,17). The van der Waals surface area contributed by atoms with Gasteiger partial charge in [0.15, 0.2) is 0 Å². The number of benzene rings is 1. The zero-order valence-corrected chi connectivity index (χ0v) is 10.7. The van der Waals surface area contributed by atoms with Gasteiger partial charge in [-0.3, -0.25) is 4.79 Å². The van der Waals surface area contributed by atoms with Crippen molar-refractivity contribution >= 4 is 11.6 Å². The van der Waals surface area contributed by atoms with Crippen molar-refractivity contribution in [2.45, 2.75) is 39.7 Å². The number of hydrogen-bond donors (Lipinski definition) is 2. The Morgan fingerprint density at radius 1 is 1.29 bits per heavy atom. The molecule has 0 aliphatic rings. The Kier molecular flexibility index (Phi) is 5.16. The Balaban J connectivity index is 2.60. The molecule has 17 heavy (non-hydrogen) atoms. The molecule has 0 aliphatic heterocycles. The van der Waals surface area contributed by atoms with Gasteiger partial charge in [0.25, 0.3) is 0 Å². The van der Waals surface area contributed by atoms with Crippen molar-refractivity contribution in [1.82, 2.24) is 0 Å². The minimum atomic E-state index is -0.473. The van der Waals surface area contributed by atoms with Crippen molar-refractivity contribution in [2.24, 2.45) is 5.92 Å². The van der Waals surface area contributed by atoms with Crippen molar-refractivity contribution in [2.75, 3.05) is 5.32 Å². The summed E-state index contributed by atoms with van der Waals surface area (Å²) >= 11 is 0. The Morgan fingerprint density at radius 2 is 1.88 bits per heavy atom. The molecule has 0 radical (unpaired) electrons. The molecule has 0 fully saturated rings. The van der Waals surface area contributed by atoms with Crippen LogP contribution in [0, 0.1) is 5.92 Å². The molecule has 1 rings (SSSR count). The fourth-order valence-corrected chi connectivity index (χ4v) is 1.67. The SMILES string of the molecule is CCCC(C)C(=O)Nc1ccc(C(C)O)cc1. The molecular weight excluding hydrogens is 214 g/mol. The highest BCUT2D eigenvalue weighted by atomic mass is 16.3. The summed E-state index contributed by atoms with van der Waals surface area (Å²) in [7, 11) is 0. The number of nitrogens with one attached hydrogen (secondary N) is 1. The van der Waals surface area contributed by atoms with Gasteiger partial charge < -0.3 is 10.4 Å². The lowest BCUT2D eigenvalue weighted by Gasteiger charge is -2.12. The summed E-state index contributed by atoms with van der Waals surface area (Å²) in [6, 6.07) is 7.28. The predicted molar refractivity (Wildman–Crippen MR) is 69.8 cm³/mol. The average molecular weight is 235 g/mol. The van der Waals surface area contributed by atoms with Crippen molar-refractivity contribution in [3.63, 3.8) is 0 Å². The summed E-state index contributed by atoms with van der Waals surface area (Å²) in [5.74, 6) is 0.0908. The van der Waals surface area contributed by atoms with Crippen LogP contribution in [0.15, 0.2) is 24.3 Å². The lowest BCUT2D eigenvalue weighted by Crippen LogP contribution is -2.20. The van der Waals surface area contributed by atoms with Gasteiger partial charge in [-0.15, -0.1) is 0 Å². The summed E-state index contributed by atoms with van der Waals surface area (Å²) in [6.45, 7) is 5.72. The highest BCUT2D eigenvalue weighted by Crippen LogP contribution is 2.16. The van der Waals surface area contributed by atoms with E-state index >= 15 is 0 Å². The van der Waals surface area contributed by atoms with Gasteiger partial charge in [0, 0.05) is 11.6 Å². The van der Waals surface area contributed by atoms with E-state index in [1.165, 1.54) is 0 Å². The molecule has 1 aromatic rings. The van der Waals surface area contributed by atoms with Crippen LogP contribution in [0.1, 0.15) is 45.3 Å². The average Bonchev–Trinajstić information content (AvgIpc) is 2.30. The lowest BCUT2D eigenvalue weighted by molar-refractivity contribution is -0.119. The van der Waals surface area contributed by atoms with Gasteiger partial charge >= 0.3 is 0 Å². The smallest absolute Gasteiger partial charge is 0.227 e. The number of rotatable bonds is 5. The van der Waals surface area contributed by atoms with Crippen molar-refractivity contribution < 1.29 is 9.90 Å². The van der Waals surface area contributed by atoms with E-state index in [0.717, 1.165) is 24.1 Å². The molecule has 0 aromatic heterocycles. The molecule has 0 aliphatic carbocycles. The molecule has 3 heteroatoms. The summed E-state index contributed by atoms with van der Waals surface area (Å²) in [5, 5.41) is 12.2. The second-order valence-corrected chi connectivity index (χ2v) is 4.48. The second kappa shape index (κ2) is 6.40. The van der Waals surface area contributed by atoms with Crippen LogP contribution in [0.2, 0.25) is 0 Å². The second-order valence-electron chi connectivity index (χ2n) is 4.48. The van der Waals surface area contributed by atoms with Gasteiger partial charge in [-0.05, 0) is 31.0 Å². The van der Waals surface area contributed by atoms with Gasteiger partial charge in [-0.1, -0.05) is 32.4 Å². The van der Waals surface area contributed by atoms with E-state index < -0.39 is 6.10 Å². The molecule has 1 aromatic carbocycles. The predicted octanol–water partition coefficient (Wildman–Crippen LogP) is 3.11. The van der Waals surface area contributed by atoms with Gasteiger partial charge in [0.2, 0.25) is 5.91 Å². The van der Waals surface area contributed by atoms with Gasteiger partial charge in [0.05, 0.1) is 6.10 Å². The van der Waals surface area contributed by atoms with Crippen LogP contribution < -0.4 is 5.32 Å². The van der Waals surface area contributed by atoms with Crippen LogP contribution in [0.25, 0.3) is 0 Å². The highest BCUT2D eigenvalue weighted by molar-refractivity contribution is 5.92. The van der Waals surface area contributed by atoms with E-state index in [0.29, 0.717) is 0 Å². The van der Waals surface area contributed by atoms with Gasteiger partial charge in [0.1, 0.15) is 0 Å². The molecule has 0 saturated carbocycles. The third-order valence-corrected chi connectivity index (χ3v) is 2.83. The Bertz CT molecular complexity index is 357. The molecular formula is C14H21NO2. The van der Waals surface area contributed by atoms with E-state index in [1.807, 2.05) is 31.2 Å². The maximum absolute atomic E-state index is 11.8. The molecule has 0 bridgehead atoms. The lowest BCUT2D eigenvalue weighted by atomic mass is 10.1. The van der Waals surface area contributed by atoms with E-state index in [2.05, 4.69) is 12.2 Å². The molecule has 0 heterocycles. The first-order valence-corrected chi connectivity index (χ1v) is 6.13. The van der Waals surface area contributed by atoms with Crippen LogP contribution in [-0.2, 0) is 4.79 Å². The zero-order valence-electron chi connectivity index (χ0n) is 10.7. The number of carbonyl (C=O) groups is 1.